The molecule has 1 aromatic heterocycles. The van der Waals surface area contributed by atoms with Crippen LogP contribution in [0.3, 0.4) is 0 Å². The average molecular weight is 571 g/mol. The molecule has 1 N–H and O–H groups in total. The highest BCUT2D eigenvalue weighted by Crippen LogP contribution is 2.72. The van der Waals surface area contributed by atoms with E-state index < -0.39 is 85.0 Å². The Morgan fingerprint density at radius 3 is 2.51 bits per heavy atom. The van der Waals surface area contributed by atoms with Gasteiger partial charge in [-0.25, -0.2) is 22.0 Å². The van der Waals surface area contributed by atoms with Gasteiger partial charge in [0.05, 0.1) is 18.4 Å². The van der Waals surface area contributed by atoms with Crippen LogP contribution in [0.1, 0.15) is 56.5 Å². The normalized spacial score (nSPS) is 39.6. The van der Waals surface area contributed by atoms with Crippen LogP contribution in [-0.2, 0) is 24.2 Å². The minimum absolute atomic E-state index is 0.157. The number of fused-ring (bicyclic) bond motifs is 5. The van der Waals surface area contributed by atoms with Gasteiger partial charge in [0.2, 0.25) is 15.6 Å². The van der Waals surface area contributed by atoms with E-state index in [0.29, 0.717) is 5.57 Å². The lowest BCUT2D eigenvalue weighted by molar-refractivity contribution is -0.181. The van der Waals surface area contributed by atoms with E-state index >= 15 is 4.39 Å². The Hall–Kier alpha value is -2.89. The predicted octanol–water partition coefficient (Wildman–Crippen LogP) is 4.52. The van der Waals surface area contributed by atoms with Gasteiger partial charge in [-0.1, -0.05) is 6.92 Å². The highest BCUT2D eigenvalue weighted by molar-refractivity contribution is 8.06. The van der Waals surface area contributed by atoms with Crippen LogP contribution in [-0.4, -0.2) is 54.3 Å². The van der Waals surface area contributed by atoms with Gasteiger partial charge in [0, 0.05) is 17.4 Å². The highest BCUT2D eigenvalue weighted by atomic mass is 32.2. The van der Waals surface area contributed by atoms with Gasteiger partial charge in [-0.3, -0.25) is 14.0 Å². The minimum Gasteiger partial charge on any atom is -0.511 e. The summed E-state index contributed by atoms with van der Waals surface area (Å²) in [5.41, 5.74) is -7.55. The quantitative estimate of drug-likeness (QED) is 0.512. The van der Waals surface area contributed by atoms with Crippen LogP contribution in [0.5, 0.6) is 0 Å². The second-order valence-corrected chi connectivity index (χ2v) is 13.3. The SMILES string of the molecule is C[C@]12C(O)=CC(=O)C=C1CCC1C3C[C@@H](CF)[C@](OC(=O)c4ccco4)(C(=O)S(=O)(=O)CF)[C@@]3(C)CCC12F. The first-order chi connectivity index (χ1) is 18.2. The number of carbonyl (C=O) groups is 3. The van der Waals surface area contributed by atoms with Crippen molar-refractivity contribution in [2.24, 2.45) is 28.6 Å². The van der Waals surface area contributed by atoms with Gasteiger partial charge >= 0.3 is 5.97 Å². The highest BCUT2D eigenvalue weighted by Gasteiger charge is 2.77. The van der Waals surface area contributed by atoms with Gasteiger partial charge < -0.3 is 14.3 Å². The zero-order chi connectivity index (χ0) is 28.6. The zero-order valence-electron chi connectivity index (χ0n) is 21.4. The summed E-state index contributed by atoms with van der Waals surface area (Å²) in [6, 6.07) is 0.489. The minimum atomic E-state index is -5.15. The summed E-state index contributed by atoms with van der Waals surface area (Å²) in [7, 11) is -5.15. The number of hydrogen-bond acceptors (Lipinski definition) is 8. The van der Waals surface area contributed by atoms with Gasteiger partial charge in [-0.2, -0.15) is 0 Å². The van der Waals surface area contributed by atoms with E-state index in [9.17, 15) is 36.7 Å². The van der Waals surface area contributed by atoms with Crippen molar-refractivity contribution in [2.75, 3.05) is 12.7 Å². The lowest BCUT2D eigenvalue weighted by Gasteiger charge is -2.61. The largest absolute Gasteiger partial charge is 0.511 e. The summed E-state index contributed by atoms with van der Waals surface area (Å²) in [5, 5.41) is 9.08. The van der Waals surface area contributed by atoms with Crippen molar-refractivity contribution in [3.8, 4) is 0 Å². The monoisotopic (exact) mass is 570 g/mol. The third kappa shape index (κ3) is 3.42. The molecule has 8 nitrogen and oxygen atoms in total. The first-order valence-electron chi connectivity index (χ1n) is 12.7. The van der Waals surface area contributed by atoms with Crippen molar-refractivity contribution in [1.82, 2.24) is 0 Å². The summed E-state index contributed by atoms with van der Waals surface area (Å²) < 4.78 is 81.9. The fourth-order valence-corrected chi connectivity index (χ4v) is 9.05. The number of rotatable bonds is 5. The predicted molar refractivity (Wildman–Crippen MR) is 130 cm³/mol. The van der Waals surface area contributed by atoms with Crippen LogP contribution < -0.4 is 0 Å². The van der Waals surface area contributed by atoms with E-state index in [1.54, 1.807) is 0 Å². The molecule has 4 aliphatic carbocycles. The molecule has 1 aromatic rings. The number of halogens is 3. The Morgan fingerprint density at radius 1 is 1.18 bits per heavy atom. The van der Waals surface area contributed by atoms with Crippen molar-refractivity contribution in [3.63, 3.8) is 0 Å². The molecule has 0 radical (unpaired) electrons. The maximum atomic E-state index is 17.4. The number of hydrogen-bond donors (Lipinski definition) is 1. The third-order valence-electron chi connectivity index (χ3n) is 10.1. The number of ether oxygens (including phenoxy) is 1. The molecule has 0 aliphatic heterocycles. The van der Waals surface area contributed by atoms with Crippen LogP contribution >= 0.6 is 0 Å². The Labute approximate surface area is 223 Å². The Bertz CT molecular complexity index is 1400. The zero-order valence-corrected chi connectivity index (χ0v) is 22.2. The summed E-state index contributed by atoms with van der Waals surface area (Å²) in [4.78, 5) is 38.8. The maximum absolute atomic E-state index is 17.4. The number of allylic oxidation sites excluding steroid dienone is 3. The fraction of sp³-hybridized carbons (Fsp3) is 0.593. The van der Waals surface area contributed by atoms with Crippen molar-refractivity contribution in [1.29, 1.82) is 0 Å². The van der Waals surface area contributed by atoms with E-state index in [1.807, 2.05) is 0 Å². The van der Waals surface area contributed by atoms with E-state index in [2.05, 4.69) is 0 Å². The summed E-state index contributed by atoms with van der Waals surface area (Å²) >= 11 is 0. The number of sulfone groups is 1. The van der Waals surface area contributed by atoms with Crippen LogP contribution in [0.25, 0.3) is 0 Å². The first kappa shape index (κ1) is 27.7. The Morgan fingerprint density at radius 2 is 1.90 bits per heavy atom. The third-order valence-corrected chi connectivity index (χ3v) is 11.2. The summed E-state index contributed by atoms with van der Waals surface area (Å²) in [6.07, 6.45) is 3.00. The molecular formula is C27H29F3O8S. The number of furan rings is 1. The summed E-state index contributed by atoms with van der Waals surface area (Å²) in [6.45, 7) is 1.66. The number of esters is 1. The second kappa shape index (κ2) is 8.81. The van der Waals surface area contributed by atoms with Crippen molar-refractivity contribution in [2.45, 2.75) is 57.2 Å². The molecule has 1 heterocycles. The van der Waals surface area contributed by atoms with Gasteiger partial charge in [0.15, 0.2) is 17.4 Å². The van der Waals surface area contributed by atoms with Crippen LogP contribution in [0.2, 0.25) is 0 Å². The first-order valence-corrected chi connectivity index (χ1v) is 14.4. The molecule has 0 bridgehead atoms. The number of aliphatic hydroxyl groups is 1. The van der Waals surface area contributed by atoms with Gasteiger partial charge in [-0.05, 0) is 74.6 Å². The molecule has 7 atom stereocenters. The molecular weight excluding hydrogens is 541 g/mol. The topological polar surface area (TPSA) is 128 Å². The van der Waals surface area contributed by atoms with Gasteiger partial charge in [0.25, 0.3) is 5.12 Å². The molecule has 5 rings (SSSR count). The maximum Gasteiger partial charge on any atom is 0.375 e. The van der Waals surface area contributed by atoms with E-state index in [1.165, 1.54) is 32.1 Å². The lowest BCUT2D eigenvalue weighted by atomic mass is 9.45. The molecule has 3 fully saturated rings. The molecule has 4 aliphatic rings. The van der Waals surface area contributed by atoms with Gasteiger partial charge in [0.1, 0.15) is 11.4 Å². The molecule has 212 valence electrons. The number of ketones is 1. The van der Waals surface area contributed by atoms with Crippen LogP contribution in [0, 0.1) is 28.6 Å². The smallest absolute Gasteiger partial charge is 0.375 e. The molecule has 0 saturated heterocycles. The van der Waals surface area contributed by atoms with Crippen molar-refractivity contribution in [3.05, 3.63) is 47.6 Å². The number of aliphatic hydroxyl groups excluding tert-OH is 1. The fourth-order valence-electron chi connectivity index (χ4n) is 8.05. The molecule has 0 spiro atoms. The molecule has 3 saturated carbocycles. The molecule has 0 amide bonds. The number of alkyl halides is 3. The Kier molecular flexibility index (Phi) is 6.25. The molecule has 39 heavy (non-hydrogen) atoms. The second-order valence-electron chi connectivity index (χ2n) is 11.5. The molecule has 3 unspecified atom stereocenters. The van der Waals surface area contributed by atoms with E-state index in [0.717, 1.165) is 12.3 Å². The van der Waals surface area contributed by atoms with E-state index in [4.69, 9.17) is 9.15 Å². The van der Waals surface area contributed by atoms with Crippen LogP contribution in [0.15, 0.2) is 46.3 Å². The Balaban J connectivity index is 1.66. The molecule has 0 aromatic carbocycles. The van der Waals surface area contributed by atoms with E-state index in [-0.39, 0.29) is 37.9 Å². The van der Waals surface area contributed by atoms with Gasteiger partial charge in [-0.15, -0.1) is 0 Å². The van der Waals surface area contributed by atoms with Crippen LogP contribution in [0.4, 0.5) is 13.2 Å². The lowest BCUT2D eigenvalue weighted by Crippen LogP contribution is -2.66. The number of carbonyl (C=O) groups excluding carboxylic acids is 3. The van der Waals surface area contributed by atoms with Crippen molar-refractivity contribution >= 4 is 26.7 Å². The van der Waals surface area contributed by atoms with Crippen molar-refractivity contribution < 1.29 is 50.2 Å². The standard InChI is InChI=1S/C27H29F3O8S/c1-24-7-8-26(30)18(6-5-15-10-17(31)12-21(32)25(15,26)2)19(24)11-16(13-28)27(24,23(34)39(35,36)14-29)38-22(33)20-4-3-9-37-20/h3-4,9-10,12,16,18-19,32H,5-8,11,13-14H2,1-2H3/t16-,18?,19?,24-,25+,26?,27-/m0/s1. The molecule has 12 heteroatoms. The summed E-state index contributed by atoms with van der Waals surface area (Å²) in [5.74, 6) is -5.83. The average Bonchev–Trinajstić information content (AvgIpc) is 3.51.